The van der Waals surface area contributed by atoms with Crippen molar-refractivity contribution < 1.29 is 9.18 Å². The maximum atomic E-state index is 13.2. The van der Waals surface area contributed by atoms with Crippen LogP contribution in [-0.4, -0.2) is 25.5 Å². The van der Waals surface area contributed by atoms with E-state index < -0.39 is 0 Å². The summed E-state index contributed by atoms with van der Waals surface area (Å²) < 4.78 is 13.2. The largest absolute Gasteiger partial charge is 0.316 e. The number of amides is 1. The van der Waals surface area contributed by atoms with Crippen molar-refractivity contribution in [3.05, 3.63) is 29.6 Å². The average Bonchev–Trinajstić information content (AvgIpc) is 2.66. The minimum atomic E-state index is -0.270. The van der Waals surface area contributed by atoms with Gasteiger partial charge in [0.15, 0.2) is 0 Å². The first-order chi connectivity index (χ1) is 8.24. The first kappa shape index (κ1) is 10.7. The molecule has 2 aliphatic heterocycles. The van der Waals surface area contributed by atoms with E-state index in [0.29, 0.717) is 18.9 Å². The lowest BCUT2D eigenvalue weighted by molar-refractivity contribution is -0.119. The Morgan fingerprint density at radius 1 is 1.47 bits per heavy atom. The van der Waals surface area contributed by atoms with Gasteiger partial charge >= 0.3 is 0 Å². The van der Waals surface area contributed by atoms with Gasteiger partial charge in [0.1, 0.15) is 5.82 Å². The highest BCUT2D eigenvalue weighted by molar-refractivity contribution is 5.95. The van der Waals surface area contributed by atoms with Crippen LogP contribution in [0.1, 0.15) is 12.0 Å². The predicted octanol–water partition coefficient (Wildman–Crippen LogP) is 1.32. The Labute approximate surface area is 99.6 Å². The van der Waals surface area contributed by atoms with Crippen LogP contribution in [0.15, 0.2) is 18.2 Å². The molecule has 0 unspecified atom stereocenters. The van der Waals surface area contributed by atoms with Crippen molar-refractivity contribution in [2.75, 3.05) is 24.5 Å². The lowest BCUT2D eigenvalue weighted by Gasteiger charge is -2.28. The molecule has 0 spiro atoms. The second kappa shape index (κ2) is 4.11. The summed E-state index contributed by atoms with van der Waals surface area (Å²) in [5, 5.41) is 3.15. The zero-order valence-corrected chi connectivity index (χ0v) is 9.58. The average molecular weight is 234 g/mol. The normalized spacial score (nSPS) is 19.0. The van der Waals surface area contributed by atoms with E-state index in [2.05, 4.69) is 5.32 Å². The summed E-state index contributed by atoms with van der Waals surface area (Å²) in [4.78, 5) is 13.8. The van der Waals surface area contributed by atoms with E-state index in [9.17, 15) is 9.18 Å². The smallest absolute Gasteiger partial charge is 0.227 e. The van der Waals surface area contributed by atoms with Crippen LogP contribution < -0.4 is 10.2 Å². The van der Waals surface area contributed by atoms with Gasteiger partial charge in [0, 0.05) is 18.7 Å². The lowest BCUT2D eigenvalue weighted by atomic mass is 9.99. The van der Waals surface area contributed by atoms with Crippen molar-refractivity contribution >= 4 is 11.6 Å². The maximum absolute atomic E-state index is 13.2. The molecule has 0 aromatic heterocycles. The van der Waals surface area contributed by atoms with Crippen LogP contribution in [0, 0.1) is 11.7 Å². The number of rotatable bonds is 2. The molecule has 2 heterocycles. The van der Waals surface area contributed by atoms with Crippen molar-refractivity contribution in [3.8, 4) is 0 Å². The zero-order chi connectivity index (χ0) is 11.8. The van der Waals surface area contributed by atoms with E-state index >= 15 is 0 Å². The van der Waals surface area contributed by atoms with Gasteiger partial charge in [-0.2, -0.15) is 0 Å². The fourth-order valence-electron chi connectivity index (χ4n) is 2.46. The van der Waals surface area contributed by atoms with Gasteiger partial charge in [-0.25, -0.2) is 4.39 Å². The third-order valence-corrected chi connectivity index (χ3v) is 3.57. The summed E-state index contributed by atoms with van der Waals surface area (Å²) in [6.07, 6.45) is 1.41. The quantitative estimate of drug-likeness (QED) is 0.837. The van der Waals surface area contributed by atoms with Gasteiger partial charge in [-0.05, 0) is 43.1 Å². The number of benzene rings is 1. The van der Waals surface area contributed by atoms with E-state index in [1.165, 1.54) is 12.1 Å². The predicted molar refractivity (Wildman–Crippen MR) is 63.4 cm³/mol. The van der Waals surface area contributed by atoms with E-state index in [0.717, 1.165) is 30.8 Å². The van der Waals surface area contributed by atoms with Crippen LogP contribution in [-0.2, 0) is 11.2 Å². The Morgan fingerprint density at radius 2 is 2.29 bits per heavy atom. The number of fused-ring (bicyclic) bond motifs is 1. The molecular formula is C13H15FN2O. The summed E-state index contributed by atoms with van der Waals surface area (Å²) in [5.41, 5.74) is 1.84. The Kier molecular flexibility index (Phi) is 2.59. The van der Waals surface area contributed by atoms with Crippen LogP contribution in [0.4, 0.5) is 10.1 Å². The molecule has 0 radical (unpaired) electrons. The number of nitrogens with one attached hydrogen (secondary N) is 1. The van der Waals surface area contributed by atoms with E-state index in [1.807, 2.05) is 0 Å². The topological polar surface area (TPSA) is 32.3 Å². The molecule has 1 aromatic rings. The van der Waals surface area contributed by atoms with Gasteiger partial charge < -0.3 is 10.2 Å². The molecular weight excluding hydrogens is 219 g/mol. The zero-order valence-electron chi connectivity index (χ0n) is 9.58. The first-order valence-electron chi connectivity index (χ1n) is 6.03. The molecule has 90 valence electrons. The number of carbonyl (C=O) groups is 1. The molecule has 0 atom stereocenters. The molecule has 0 bridgehead atoms. The number of nitrogens with zero attached hydrogens (tertiary/aromatic N) is 1. The van der Waals surface area contributed by atoms with Crippen molar-refractivity contribution in [1.29, 1.82) is 0 Å². The van der Waals surface area contributed by atoms with Crippen LogP contribution in [0.3, 0.4) is 0 Å². The molecule has 0 saturated carbocycles. The highest BCUT2D eigenvalue weighted by Crippen LogP contribution is 2.29. The Balaban J connectivity index is 1.77. The highest BCUT2D eigenvalue weighted by Gasteiger charge is 2.28. The monoisotopic (exact) mass is 234 g/mol. The molecule has 2 aliphatic rings. The molecule has 1 N–H and O–H groups in total. The summed E-state index contributed by atoms with van der Waals surface area (Å²) in [6, 6.07) is 4.71. The molecule has 17 heavy (non-hydrogen) atoms. The van der Waals surface area contributed by atoms with Gasteiger partial charge in [-0.15, -0.1) is 0 Å². The second-order valence-electron chi connectivity index (χ2n) is 4.80. The van der Waals surface area contributed by atoms with Gasteiger partial charge in [0.25, 0.3) is 0 Å². The highest BCUT2D eigenvalue weighted by atomic mass is 19.1. The third-order valence-electron chi connectivity index (χ3n) is 3.57. The molecule has 1 fully saturated rings. The molecule has 4 heteroatoms. The molecule has 1 saturated heterocycles. The molecule has 1 aromatic carbocycles. The molecule has 1 amide bonds. The summed E-state index contributed by atoms with van der Waals surface area (Å²) in [6.45, 7) is 2.54. The van der Waals surface area contributed by atoms with Gasteiger partial charge in [0.05, 0.1) is 0 Å². The SMILES string of the molecule is O=C(CC1CNC1)N1CCc2ccc(F)cc21. The van der Waals surface area contributed by atoms with E-state index in [-0.39, 0.29) is 11.7 Å². The van der Waals surface area contributed by atoms with Gasteiger partial charge in [-0.3, -0.25) is 4.79 Å². The minimum absolute atomic E-state index is 0.126. The van der Waals surface area contributed by atoms with E-state index in [4.69, 9.17) is 0 Å². The van der Waals surface area contributed by atoms with Crippen molar-refractivity contribution in [1.82, 2.24) is 5.32 Å². The molecule has 0 aliphatic carbocycles. The summed E-state index contributed by atoms with van der Waals surface area (Å²) in [5.74, 6) is 0.315. The fourth-order valence-corrected chi connectivity index (χ4v) is 2.46. The summed E-state index contributed by atoms with van der Waals surface area (Å²) >= 11 is 0. The standard InChI is InChI=1S/C13H15FN2O/c14-11-2-1-10-3-4-16(12(10)6-11)13(17)5-9-7-15-8-9/h1-2,6,9,15H,3-5,7-8H2. The van der Waals surface area contributed by atoms with Crippen molar-refractivity contribution in [2.24, 2.45) is 5.92 Å². The molecule has 3 rings (SSSR count). The summed E-state index contributed by atoms with van der Waals surface area (Å²) in [7, 11) is 0. The van der Waals surface area contributed by atoms with Crippen LogP contribution >= 0.6 is 0 Å². The Hall–Kier alpha value is -1.42. The van der Waals surface area contributed by atoms with Crippen LogP contribution in [0.25, 0.3) is 0 Å². The number of anilines is 1. The number of carbonyl (C=O) groups excluding carboxylic acids is 1. The lowest BCUT2D eigenvalue weighted by Crippen LogP contribution is -2.45. The van der Waals surface area contributed by atoms with E-state index in [1.54, 1.807) is 11.0 Å². The number of halogens is 1. The second-order valence-corrected chi connectivity index (χ2v) is 4.80. The fraction of sp³-hybridized carbons (Fsp3) is 0.462. The maximum Gasteiger partial charge on any atom is 0.227 e. The van der Waals surface area contributed by atoms with Gasteiger partial charge in [0.2, 0.25) is 5.91 Å². The molecule has 3 nitrogen and oxygen atoms in total. The van der Waals surface area contributed by atoms with Crippen molar-refractivity contribution in [3.63, 3.8) is 0 Å². The van der Waals surface area contributed by atoms with Gasteiger partial charge in [-0.1, -0.05) is 6.07 Å². The van der Waals surface area contributed by atoms with Crippen LogP contribution in [0.5, 0.6) is 0 Å². The number of hydrogen-bond donors (Lipinski definition) is 1. The first-order valence-corrected chi connectivity index (χ1v) is 6.03. The Morgan fingerprint density at radius 3 is 3.00 bits per heavy atom. The number of hydrogen-bond acceptors (Lipinski definition) is 2. The van der Waals surface area contributed by atoms with Crippen LogP contribution in [0.2, 0.25) is 0 Å². The third kappa shape index (κ3) is 1.93. The van der Waals surface area contributed by atoms with Crippen molar-refractivity contribution in [2.45, 2.75) is 12.8 Å². The Bertz CT molecular complexity index is 457. The minimum Gasteiger partial charge on any atom is -0.316 e.